The summed E-state index contributed by atoms with van der Waals surface area (Å²) in [6.07, 6.45) is 0. The molecular weight excluding hydrogens is 334 g/mol. The topological polar surface area (TPSA) is 62.3 Å². The van der Waals surface area contributed by atoms with Crippen molar-refractivity contribution in [2.45, 2.75) is 6.54 Å². The third-order valence-corrected chi connectivity index (χ3v) is 4.97. The quantitative estimate of drug-likeness (QED) is 0.710. The number of esters is 1. The smallest absolute Gasteiger partial charge is 0.337 e. The van der Waals surface area contributed by atoms with Crippen LogP contribution in [0.2, 0.25) is 0 Å². The van der Waals surface area contributed by atoms with Gasteiger partial charge in [-0.3, -0.25) is 14.6 Å². The van der Waals surface area contributed by atoms with Gasteiger partial charge in [0.15, 0.2) is 0 Å². The van der Waals surface area contributed by atoms with E-state index in [9.17, 15) is 9.59 Å². The molecule has 7 heteroatoms. The Labute approximate surface area is 154 Å². The Bertz CT molecular complexity index is 606. The average molecular weight is 361 g/mol. The van der Waals surface area contributed by atoms with Crippen LogP contribution in [0.25, 0.3) is 0 Å². The Morgan fingerprint density at radius 3 is 2.19 bits per heavy atom. The second-order valence-electron chi connectivity index (χ2n) is 6.73. The van der Waals surface area contributed by atoms with E-state index in [2.05, 4.69) is 9.80 Å². The fourth-order valence-corrected chi connectivity index (χ4v) is 3.33. The zero-order valence-electron chi connectivity index (χ0n) is 15.4. The second-order valence-corrected chi connectivity index (χ2v) is 6.73. The van der Waals surface area contributed by atoms with Crippen LogP contribution in [0.5, 0.6) is 0 Å². The molecule has 0 spiro atoms. The van der Waals surface area contributed by atoms with E-state index in [1.165, 1.54) is 12.7 Å². The molecule has 0 aromatic heterocycles. The maximum absolute atomic E-state index is 12.3. The molecule has 0 unspecified atom stereocenters. The highest BCUT2D eigenvalue weighted by atomic mass is 16.5. The molecule has 0 aliphatic carbocycles. The van der Waals surface area contributed by atoms with E-state index in [0.29, 0.717) is 38.4 Å². The monoisotopic (exact) mass is 361 g/mol. The average Bonchev–Trinajstić information content (AvgIpc) is 2.70. The third kappa shape index (κ3) is 5.03. The number of carbonyl (C=O) groups is 2. The summed E-state index contributed by atoms with van der Waals surface area (Å²) in [4.78, 5) is 30.3. The van der Waals surface area contributed by atoms with Gasteiger partial charge in [-0.1, -0.05) is 12.1 Å². The Morgan fingerprint density at radius 2 is 1.58 bits per heavy atom. The van der Waals surface area contributed by atoms with Gasteiger partial charge in [0.25, 0.3) is 0 Å². The Balaban J connectivity index is 1.42. The molecule has 0 radical (unpaired) electrons. The minimum Gasteiger partial charge on any atom is -0.465 e. The van der Waals surface area contributed by atoms with Crippen molar-refractivity contribution < 1.29 is 19.1 Å². The molecule has 0 N–H and O–H groups in total. The fourth-order valence-electron chi connectivity index (χ4n) is 3.33. The number of methoxy groups -OCH3 is 1. The van der Waals surface area contributed by atoms with Crippen LogP contribution >= 0.6 is 0 Å². The number of amides is 1. The zero-order valence-corrected chi connectivity index (χ0v) is 15.4. The van der Waals surface area contributed by atoms with Crippen LogP contribution < -0.4 is 0 Å². The summed E-state index contributed by atoms with van der Waals surface area (Å²) in [6.45, 7) is 7.74. The number of carbonyl (C=O) groups excluding carboxylic acids is 2. The highest BCUT2D eigenvalue weighted by Gasteiger charge is 2.23. The van der Waals surface area contributed by atoms with E-state index in [1.807, 2.05) is 17.0 Å². The molecule has 142 valence electrons. The zero-order chi connectivity index (χ0) is 18.4. The molecule has 3 rings (SSSR count). The predicted molar refractivity (Wildman–Crippen MR) is 96.9 cm³/mol. The minimum atomic E-state index is -0.310. The van der Waals surface area contributed by atoms with Crippen LogP contribution in [-0.4, -0.2) is 92.7 Å². The SMILES string of the molecule is COC(=O)c1ccc(CN2CCN(CC(=O)N3CCOCC3)CC2)cc1. The first-order chi connectivity index (χ1) is 12.7. The van der Waals surface area contributed by atoms with E-state index >= 15 is 0 Å². The van der Waals surface area contributed by atoms with E-state index in [0.717, 1.165) is 32.7 Å². The number of ether oxygens (including phenoxy) is 2. The molecule has 1 aromatic carbocycles. The van der Waals surface area contributed by atoms with Gasteiger partial charge in [0.1, 0.15) is 0 Å². The van der Waals surface area contributed by atoms with Gasteiger partial charge >= 0.3 is 5.97 Å². The van der Waals surface area contributed by atoms with Crippen LogP contribution in [0.3, 0.4) is 0 Å². The summed E-state index contributed by atoms with van der Waals surface area (Å²) in [5, 5.41) is 0. The molecule has 26 heavy (non-hydrogen) atoms. The molecule has 0 atom stereocenters. The van der Waals surface area contributed by atoms with E-state index < -0.39 is 0 Å². The number of rotatable bonds is 5. The molecule has 2 saturated heterocycles. The molecule has 0 bridgehead atoms. The molecule has 2 heterocycles. The van der Waals surface area contributed by atoms with Crippen molar-refractivity contribution in [3.05, 3.63) is 35.4 Å². The van der Waals surface area contributed by atoms with Gasteiger partial charge in [-0.05, 0) is 17.7 Å². The molecule has 2 aliphatic rings. The number of nitrogens with zero attached hydrogens (tertiary/aromatic N) is 3. The molecule has 2 fully saturated rings. The Morgan fingerprint density at radius 1 is 0.962 bits per heavy atom. The van der Waals surface area contributed by atoms with Gasteiger partial charge in [-0.2, -0.15) is 0 Å². The summed E-state index contributed by atoms with van der Waals surface area (Å²) in [7, 11) is 1.39. The lowest BCUT2D eigenvalue weighted by molar-refractivity contribution is -0.136. The highest BCUT2D eigenvalue weighted by molar-refractivity contribution is 5.89. The number of hydrogen-bond acceptors (Lipinski definition) is 6. The van der Waals surface area contributed by atoms with Crippen molar-refractivity contribution in [2.24, 2.45) is 0 Å². The van der Waals surface area contributed by atoms with E-state index in [1.54, 1.807) is 12.1 Å². The lowest BCUT2D eigenvalue weighted by Gasteiger charge is -2.36. The number of benzene rings is 1. The fraction of sp³-hybridized carbons (Fsp3) is 0.579. The van der Waals surface area contributed by atoms with Gasteiger partial charge in [-0.15, -0.1) is 0 Å². The Kier molecular flexibility index (Phi) is 6.60. The summed E-state index contributed by atoms with van der Waals surface area (Å²) in [6, 6.07) is 7.55. The van der Waals surface area contributed by atoms with Gasteiger partial charge in [0.05, 0.1) is 32.4 Å². The molecule has 7 nitrogen and oxygen atoms in total. The first-order valence-corrected chi connectivity index (χ1v) is 9.13. The van der Waals surface area contributed by atoms with Gasteiger partial charge < -0.3 is 14.4 Å². The van der Waals surface area contributed by atoms with Gasteiger partial charge in [0.2, 0.25) is 5.91 Å². The number of morpholine rings is 1. The summed E-state index contributed by atoms with van der Waals surface area (Å²) in [5.41, 5.74) is 1.75. The van der Waals surface area contributed by atoms with Crippen molar-refractivity contribution >= 4 is 11.9 Å². The Hall–Kier alpha value is -1.96. The highest BCUT2D eigenvalue weighted by Crippen LogP contribution is 2.11. The van der Waals surface area contributed by atoms with Crippen molar-refractivity contribution in [3.8, 4) is 0 Å². The van der Waals surface area contributed by atoms with Gasteiger partial charge in [-0.25, -0.2) is 4.79 Å². The second kappa shape index (κ2) is 9.12. The lowest BCUT2D eigenvalue weighted by Crippen LogP contribution is -2.51. The van der Waals surface area contributed by atoms with Crippen LogP contribution in [-0.2, 0) is 20.8 Å². The first-order valence-electron chi connectivity index (χ1n) is 9.13. The van der Waals surface area contributed by atoms with E-state index in [4.69, 9.17) is 9.47 Å². The molecule has 1 aromatic rings. The van der Waals surface area contributed by atoms with Gasteiger partial charge in [0, 0.05) is 45.8 Å². The van der Waals surface area contributed by atoms with Crippen LogP contribution in [0.4, 0.5) is 0 Å². The lowest BCUT2D eigenvalue weighted by atomic mass is 10.1. The van der Waals surface area contributed by atoms with E-state index in [-0.39, 0.29) is 11.9 Å². The predicted octanol–water partition coefficient (Wildman–Crippen LogP) is 0.450. The largest absolute Gasteiger partial charge is 0.465 e. The van der Waals surface area contributed by atoms with Crippen LogP contribution in [0.15, 0.2) is 24.3 Å². The maximum Gasteiger partial charge on any atom is 0.337 e. The molecule has 2 aliphatic heterocycles. The van der Waals surface area contributed by atoms with Crippen LogP contribution in [0.1, 0.15) is 15.9 Å². The number of hydrogen-bond donors (Lipinski definition) is 0. The normalized spacial score (nSPS) is 19.3. The molecular formula is C19H27N3O4. The number of piperazine rings is 1. The first kappa shape index (κ1) is 18.8. The summed E-state index contributed by atoms with van der Waals surface area (Å²) < 4.78 is 10.0. The molecule has 1 amide bonds. The van der Waals surface area contributed by atoms with Crippen molar-refractivity contribution in [3.63, 3.8) is 0 Å². The standard InChI is InChI=1S/C19H27N3O4/c1-25-19(24)17-4-2-16(3-5-17)14-20-6-8-21(9-7-20)15-18(23)22-10-12-26-13-11-22/h2-5H,6-15H2,1H3. The van der Waals surface area contributed by atoms with Crippen LogP contribution in [0, 0.1) is 0 Å². The van der Waals surface area contributed by atoms with Crippen molar-refractivity contribution in [1.29, 1.82) is 0 Å². The summed E-state index contributed by atoms with van der Waals surface area (Å²) >= 11 is 0. The summed E-state index contributed by atoms with van der Waals surface area (Å²) in [5.74, 6) is -0.102. The molecule has 0 saturated carbocycles. The van der Waals surface area contributed by atoms with Crippen molar-refractivity contribution in [1.82, 2.24) is 14.7 Å². The third-order valence-electron chi connectivity index (χ3n) is 4.97. The van der Waals surface area contributed by atoms with Crippen molar-refractivity contribution in [2.75, 3.05) is 66.1 Å². The minimum absolute atomic E-state index is 0.208. The maximum atomic E-state index is 12.3.